The van der Waals surface area contributed by atoms with Crippen LogP contribution in [0.5, 0.6) is 11.5 Å². The molecule has 1 fully saturated rings. The van der Waals surface area contributed by atoms with Gasteiger partial charge in [-0.15, -0.1) is 0 Å². The summed E-state index contributed by atoms with van der Waals surface area (Å²) < 4.78 is 10.4. The number of methoxy groups -OCH3 is 2. The van der Waals surface area contributed by atoms with Crippen molar-refractivity contribution in [3.8, 4) is 11.5 Å². The lowest BCUT2D eigenvalue weighted by Gasteiger charge is -2.13. The Morgan fingerprint density at radius 2 is 1.43 bits per heavy atom. The van der Waals surface area contributed by atoms with Crippen LogP contribution in [0.4, 0.5) is 11.4 Å². The van der Waals surface area contributed by atoms with Crippen LogP contribution in [0.3, 0.4) is 0 Å². The van der Waals surface area contributed by atoms with E-state index in [0.717, 1.165) is 22.4 Å². The van der Waals surface area contributed by atoms with Gasteiger partial charge in [-0.25, -0.2) is 0 Å². The fraction of sp³-hybridized carbons (Fsp3) is 0.364. The molecule has 0 aromatic heterocycles. The highest BCUT2D eigenvalue weighted by Gasteiger charge is 2.48. The summed E-state index contributed by atoms with van der Waals surface area (Å²) in [6, 6.07) is 9.25. The maximum Gasteiger partial charge on any atom is 0.228 e. The van der Waals surface area contributed by atoms with Crippen LogP contribution >= 0.6 is 0 Å². The third kappa shape index (κ3) is 4.11. The smallest absolute Gasteiger partial charge is 0.228 e. The van der Waals surface area contributed by atoms with Gasteiger partial charge >= 0.3 is 0 Å². The van der Waals surface area contributed by atoms with E-state index in [2.05, 4.69) is 10.6 Å². The normalized spacial score (nSPS) is 17.6. The molecule has 2 atom stereocenters. The SMILES string of the molecule is COc1ccc(NC(=O)C2CC2C(=O)Nc2c(C)cc(C)cc2C)cc1OC. The van der Waals surface area contributed by atoms with Crippen molar-refractivity contribution in [2.24, 2.45) is 11.8 Å². The van der Waals surface area contributed by atoms with Crippen molar-refractivity contribution in [1.82, 2.24) is 0 Å². The van der Waals surface area contributed by atoms with Crippen molar-refractivity contribution in [3.63, 3.8) is 0 Å². The molecule has 6 nitrogen and oxygen atoms in total. The Morgan fingerprint density at radius 1 is 0.857 bits per heavy atom. The third-order valence-corrected chi connectivity index (χ3v) is 5.04. The summed E-state index contributed by atoms with van der Waals surface area (Å²) in [6.07, 6.45) is 0.551. The molecule has 148 valence electrons. The average Bonchev–Trinajstić information content (AvgIpc) is 3.45. The molecular weight excluding hydrogens is 356 g/mol. The van der Waals surface area contributed by atoms with Gasteiger partial charge in [0, 0.05) is 17.4 Å². The van der Waals surface area contributed by atoms with Crippen LogP contribution in [0.15, 0.2) is 30.3 Å². The molecule has 0 aliphatic heterocycles. The lowest BCUT2D eigenvalue weighted by Crippen LogP contribution is -2.21. The highest BCUT2D eigenvalue weighted by Crippen LogP contribution is 2.41. The number of nitrogens with one attached hydrogen (secondary N) is 2. The van der Waals surface area contributed by atoms with Crippen molar-refractivity contribution < 1.29 is 19.1 Å². The number of carbonyl (C=O) groups excluding carboxylic acids is 2. The molecular formula is C22H26N2O4. The third-order valence-electron chi connectivity index (χ3n) is 5.04. The second kappa shape index (κ2) is 7.92. The van der Waals surface area contributed by atoms with Crippen molar-refractivity contribution in [2.75, 3.05) is 24.9 Å². The Morgan fingerprint density at radius 3 is 2.00 bits per heavy atom. The van der Waals surface area contributed by atoms with E-state index < -0.39 is 0 Å². The molecule has 2 aromatic carbocycles. The maximum absolute atomic E-state index is 12.6. The molecule has 1 aliphatic rings. The lowest BCUT2D eigenvalue weighted by atomic mass is 10.0. The molecule has 0 bridgehead atoms. The Balaban J connectivity index is 1.62. The first-order valence-corrected chi connectivity index (χ1v) is 9.25. The molecule has 0 spiro atoms. The summed E-state index contributed by atoms with van der Waals surface area (Å²) in [5.74, 6) is 0.232. The van der Waals surface area contributed by atoms with Crippen LogP contribution in [0.1, 0.15) is 23.1 Å². The Hall–Kier alpha value is -3.02. The topological polar surface area (TPSA) is 76.7 Å². The molecule has 2 unspecified atom stereocenters. The van der Waals surface area contributed by atoms with E-state index >= 15 is 0 Å². The number of aryl methyl sites for hydroxylation is 3. The summed E-state index contributed by atoms with van der Waals surface area (Å²) >= 11 is 0. The number of ether oxygens (including phenoxy) is 2. The van der Waals surface area contributed by atoms with Crippen LogP contribution in [0.25, 0.3) is 0 Å². The number of carbonyl (C=O) groups is 2. The molecule has 1 aliphatic carbocycles. The van der Waals surface area contributed by atoms with Crippen LogP contribution in [0.2, 0.25) is 0 Å². The fourth-order valence-corrected chi connectivity index (χ4v) is 3.52. The van der Waals surface area contributed by atoms with Gasteiger partial charge in [0.15, 0.2) is 11.5 Å². The number of hydrogen-bond acceptors (Lipinski definition) is 4. The minimum Gasteiger partial charge on any atom is -0.493 e. The zero-order valence-electron chi connectivity index (χ0n) is 16.9. The highest BCUT2D eigenvalue weighted by atomic mass is 16.5. The monoisotopic (exact) mass is 382 g/mol. The molecule has 2 aromatic rings. The van der Waals surface area contributed by atoms with Gasteiger partial charge in [0.25, 0.3) is 0 Å². The minimum absolute atomic E-state index is 0.109. The Labute approximate surface area is 165 Å². The standard InChI is InChI=1S/C22H26N2O4/c1-12-8-13(2)20(14(3)9-12)24-22(26)17-11-16(17)21(25)23-15-6-7-18(27-4)19(10-15)28-5/h6-10,16-17H,11H2,1-5H3,(H,23,25)(H,24,26). The Bertz CT molecular complexity index is 900. The first-order valence-electron chi connectivity index (χ1n) is 9.25. The maximum atomic E-state index is 12.6. The van der Waals surface area contributed by atoms with Gasteiger partial charge < -0.3 is 20.1 Å². The van der Waals surface area contributed by atoms with Crippen LogP contribution < -0.4 is 20.1 Å². The zero-order chi connectivity index (χ0) is 20.4. The minimum atomic E-state index is -0.320. The van der Waals surface area contributed by atoms with E-state index in [1.807, 2.05) is 32.9 Å². The summed E-state index contributed by atoms with van der Waals surface area (Å²) in [6.45, 7) is 5.98. The quantitative estimate of drug-likeness (QED) is 0.796. The van der Waals surface area contributed by atoms with Crippen molar-refractivity contribution in [3.05, 3.63) is 47.0 Å². The van der Waals surface area contributed by atoms with Gasteiger partial charge in [0.05, 0.1) is 26.1 Å². The number of anilines is 2. The predicted molar refractivity (Wildman–Crippen MR) is 109 cm³/mol. The number of amides is 2. The van der Waals surface area contributed by atoms with Crippen molar-refractivity contribution >= 4 is 23.2 Å². The average molecular weight is 382 g/mol. The molecule has 0 radical (unpaired) electrons. The highest BCUT2D eigenvalue weighted by molar-refractivity contribution is 6.03. The summed E-state index contributed by atoms with van der Waals surface area (Å²) in [5.41, 5.74) is 4.66. The molecule has 0 saturated heterocycles. The number of hydrogen-bond donors (Lipinski definition) is 2. The molecule has 1 saturated carbocycles. The van der Waals surface area contributed by atoms with Gasteiger partial charge in [0.2, 0.25) is 11.8 Å². The predicted octanol–water partition coefficient (Wildman–Crippen LogP) is 3.84. The van der Waals surface area contributed by atoms with Gasteiger partial charge in [-0.3, -0.25) is 9.59 Å². The summed E-state index contributed by atoms with van der Waals surface area (Å²) in [7, 11) is 3.10. The van der Waals surface area contributed by atoms with Crippen LogP contribution in [0, 0.1) is 32.6 Å². The second-order valence-corrected chi connectivity index (χ2v) is 7.27. The molecule has 2 amide bonds. The second-order valence-electron chi connectivity index (χ2n) is 7.27. The Kier molecular flexibility index (Phi) is 5.58. The van der Waals surface area contributed by atoms with E-state index in [0.29, 0.717) is 23.6 Å². The van der Waals surface area contributed by atoms with E-state index in [1.54, 1.807) is 32.4 Å². The van der Waals surface area contributed by atoms with Crippen LogP contribution in [-0.4, -0.2) is 26.0 Å². The van der Waals surface area contributed by atoms with E-state index in [4.69, 9.17) is 9.47 Å². The number of benzene rings is 2. The molecule has 6 heteroatoms. The first-order chi connectivity index (χ1) is 13.3. The van der Waals surface area contributed by atoms with Gasteiger partial charge in [-0.1, -0.05) is 17.7 Å². The zero-order valence-corrected chi connectivity index (χ0v) is 16.9. The van der Waals surface area contributed by atoms with Crippen molar-refractivity contribution in [2.45, 2.75) is 27.2 Å². The summed E-state index contributed by atoms with van der Waals surface area (Å²) in [5, 5.41) is 5.85. The first kappa shape index (κ1) is 19.7. The largest absolute Gasteiger partial charge is 0.493 e. The molecule has 0 heterocycles. The van der Waals surface area contributed by atoms with Gasteiger partial charge in [-0.05, 0) is 50.5 Å². The van der Waals surface area contributed by atoms with E-state index in [1.165, 1.54) is 0 Å². The number of rotatable bonds is 6. The summed E-state index contributed by atoms with van der Waals surface area (Å²) in [4.78, 5) is 25.1. The van der Waals surface area contributed by atoms with E-state index in [-0.39, 0.29) is 23.7 Å². The van der Waals surface area contributed by atoms with E-state index in [9.17, 15) is 9.59 Å². The molecule has 3 rings (SSSR count). The molecule has 28 heavy (non-hydrogen) atoms. The molecule has 2 N–H and O–H groups in total. The van der Waals surface area contributed by atoms with Gasteiger partial charge in [-0.2, -0.15) is 0 Å². The fourth-order valence-electron chi connectivity index (χ4n) is 3.52. The lowest BCUT2D eigenvalue weighted by molar-refractivity contribution is -0.122. The van der Waals surface area contributed by atoms with Gasteiger partial charge in [0.1, 0.15) is 0 Å². The van der Waals surface area contributed by atoms with Crippen LogP contribution in [-0.2, 0) is 9.59 Å². The van der Waals surface area contributed by atoms with Crippen molar-refractivity contribution in [1.29, 1.82) is 0 Å².